The fourth-order valence-corrected chi connectivity index (χ4v) is 1.98. The third kappa shape index (κ3) is 6.72. The van der Waals surface area contributed by atoms with Gasteiger partial charge in [0, 0.05) is 13.1 Å². The van der Waals surface area contributed by atoms with Crippen LogP contribution in [0.5, 0.6) is 0 Å². The van der Waals surface area contributed by atoms with Gasteiger partial charge in [0.2, 0.25) is 5.91 Å². The molecule has 5 heteroatoms. The molecule has 0 aromatic heterocycles. The second-order valence-corrected chi connectivity index (χ2v) is 4.97. The molecule has 0 saturated heterocycles. The minimum atomic E-state index is -0.956. The van der Waals surface area contributed by atoms with Crippen molar-refractivity contribution >= 4 is 11.9 Å². The first-order valence-corrected chi connectivity index (χ1v) is 6.89. The third-order valence-corrected chi connectivity index (χ3v) is 3.09. The van der Waals surface area contributed by atoms with E-state index in [0.29, 0.717) is 13.1 Å². The molecule has 0 saturated carbocycles. The predicted octanol–water partition coefficient (Wildman–Crippen LogP) is 1.48. The van der Waals surface area contributed by atoms with Crippen LogP contribution in [0.2, 0.25) is 0 Å². The van der Waals surface area contributed by atoms with Crippen LogP contribution in [0.25, 0.3) is 0 Å². The van der Waals surface area contributed by atoms with Crippen LogP contribution >= 0.6 is 0 Å². The summed E-state index contributed by atoms with van der Waals surface area (Å²) < 4.78 is 0. The van der Waals surface area contributed by atoms with E-state index in [1.165, 1.54) is 4.90 Å². The van der Waals surface area contributed by atoms with Crippen molar-refractivity contribution in [2.75, 3.05) is 26.2 Å². The number of carbonyl (C=O) groups is 2. The Morgan fingerprint density at radius 2 is 2.00 bits per heavy atom. The van der Waals surface area contributed by atoms with Gasteiger partial charge in [-0.15, -0.1) is 6.58 Å². The second-order valence-electron chi connectivity index (χ2n) is 4.97. The van der Waals surface area contributed by atoms with Crippen LogP contribution in [0.4, 0.5) is 0 Å². The molecule has 1 aromatic rings. The van der Waals surface area contributed by atoms with Crippen molar-refractivity contribution in [3.63, 3.8) is 0 Å². The molecular formula is C16H22N2O3. The summed E-state index contributed by atoms with van der Waals surface area (Å²) in [4.78, 5) is 24.1. The van der Waals surface area contributed by atoms with Crippen molar-refractivity contribution in [1.82, 2.24) is 10.2 Å². The Morgan fingerprint density at radius 1 is 1.33 bits per heavy atom. The first-order valence-electron chi connectivity index (χ1n) is 6.89. The van der Waals surface area contributed by atoms with E-state index in [1.54, 1.807) is 6.08 Å². The summed E-state index contributed by atoms with van der Waals surface area (Å²) in [6, 6.07) is 9.92. The highest BCUT2D eigenvalue weighted by Crippen LogP contribution is 2.12. The van der Waals surface area contributed by atoms with Crippen molar-refractivity contribution < 1.29 is 14.7 Å². The maximum atomic E-state index is 11.9. The van der Waals surface area contributed by atoms with Crippen LogP contribution in [0.15, 0.2) is 43.0 Å². The molecule has 0 fully saturated rings. The highest BCUT2D eigenvalue weighted by Gasteiger charge is 2.13. The lowest BCUT2D eigenvalue weighted by Gasteiger charge is -2.19. The molecule has 0 bridgehead atoms. The van der Waals surface area contributed by atoms with Crippen LogP contribution < -0.4 is 5.32 Å². The number of nitrogens with zero attached hydrogens (tertiary/aromatic N) is 1. The molecular weight excluding hydrogens is 268 g/mol. The van der Waals surface area contributed by atoms with Gasteiger partial charge in [-0.2, -0.15) is 0 Å². The Kier molecular flexibility index (Phi) is 7.18. The van der Waals surface area contributed by atoms with E-state index in [9.17, 15) is 9.59 Å². The molecule has 5 nitrogen and oxygen atoms in total. The van der Waals surface area contributed by atoms with Crippen molar-refractivity contribution in [2.24, 2.45) is 0 Å². The molecule has 1 amide bonds. The van der Waals surface area contributed by atoms with E-state index in [-0.39, 0.29) is 24.9 Å². The molecule has 114 valence electrons. The number of carboxylic acids is 1. The van der Waals surface area contributed by atoms with Crippen LogP contribution in [-0.2, 0) is 9.59 Å². The summed E-state index contributed by atoms with van der Waals surface area (Å²) in [7, 11) is 0. The number of aliphatic carboxylic acids is 1. The summed E-state index contributed by atoms with van der Waals surface area (Å²) in [6.07, 6.45) is 1.59. The van der Waals surface area contributed by atoms with Gasteiger partial charge >= 0.3 is 5.97 Å². The number of rotatable bonds is 9. The highest BCUT2D eigenvalue weighted by atomic mass is 16.4. The fraction of sp³-hybridized carbons (Fsp3) is 0.375. The Labute approximate surface area is 125 Å². The molecule has 1 aromatic carbocycles. The van der Waals surface area contributed by atoms with Crippen LogP contribution in [0, 0.1) is 0 Å². The van der Waals surface area contributed by atoms with E-state index in [4.69, 9.17) is 5.11 Å². The Morgan fingerprint density at radius 3 is 2.57 bits per heavy atom. The van der Waals surface area contributed by atoms with Crippen molar-refractivity contribution in [3.05, 3.63) is 48.6 Å². The number of hydrogen-bond donors (Lipinski definition) is 2. The van der Waals surface area contributed by atoms with Gasteiger partial charge in [0.1, 0.15) is 0 Å². The second kappa shape index (κ2) is 8.92. The zero-order valence-corrected chi connectivity index (χ0v) is 12.3. The highest BCUT2D eigenvalue weighted by molar-refractivity contribution is 5.79. The van der Waals surface area contributed by atoms with Gasteiger partial charge < -0.3 is 10.4 Å². The lowest BCUT2D eigenvalue weighted by Crippen LogP contribution is -2.40. The van der Waals surface area contributed by atoms with Crippen molar-refractivity contribution in [1.29, 1.82) is 0 Å². The molecule has 1 unspecified atom stereocenters. The Hall–Kier alpha value is -2.14. The quantitative estimate of drug-likeness (QED) is 0.676. The number of benzene rings is 1. The largest absolute Gasteiger partial charge is 0.480 e. The molecule has 0 spiro atoms. The zero-order valence-electron chi connectivity index (χ0n) is 12.3. The standard InChI is InChI=1S/C16H22N2O3/c1-3-9-18(12-16(20)21)11-15(19)17-10-13(2)14-7-5-4-6-8-14/h3-8,13H,1,9-12H2,2H3,(H,17,19)(H,20,21). The van der Waals surface area contributed by atoms with Crippen molar-refractivity contribution in [3.8, 4) is 0 Å². The summed E-state index contributed by atoms with van der Waals surface area (Å²) in [5.41, 5.74) is 1.16. The molecule has 0 heterocycles. The molecule has 1 atom stereocenters. The number of carboxylic acid groups (broad SMARTS) is 1. The first kappa shape index (κ1) is 16.9. The fourth-order valence-electron chi connectivity index (χ4n) is 1.98. The molecule has 21 heavy (non-hydrogen) atoms. The smallest absolute Gasteiger partial charge is 0.317 e. The van der Waals surface area contributed by atoms with Gasteiger partial charge in [0.15, 0.2) is 0 Å². The van der Waals surface area contributed by atoms with Gasteiger partial charge in [-0.25, -0.2) is 0 Å². The topological polar surface area (TPSA) is 69.6 Å². The summed E-state index contributed by atoms with van der Waals surface area (Å²) in [5, 5.41) is 11.6. The van der Waals surface area contributed by atoms with E-state index >= 15 is 0 Å². The number of amides is 1. The van der Waals surface area contributed by atoms with Gasteiger partial charge in [-0.1, -0.05) is 43.3 Å². The first-order chi connectivity index (χ1) is 10.0. The van der Waals surface area contributed by atoms with E-state index in [1.807, 2.05) is 37.3 Å². The van der Waals surface area contributed by atoms with Crippen molar-refractivity contribution in [2.45, 2.75) is 12.8 Å². The third-order valence-electron chi connectivity index (χ3n) is 3.09. The summed E-state index contributed by atoms with van der Waals surface area (Å²) >= 11 is 0. The van der Waals surface area contributed by atoms with Gasteiger partial charge in [-0.3, -0.25) is 14.5 Å². The minimum Gasteiger partial charge on any atom is -0.480 e. The van der Waals surface area contributed by atoms with Crippen LogP contribution in [0.3, 0.4) is 0 Å². The van der Waals surface area contributed by atoms with Crippen LogP contribution in [-0.4, -0.2) is 48.1 Å². The van der Waals surface area contributed by atoms with Gasteiger partial charge in [-0.05, 0) is 11.5 Å². The Bertz CT molecular complexity index is 474. The maximum absolute atomic E-state index is 11.9. The van der Waals surface area contributed by atoms with Gasteiger partial charge in [0.05, 0.1) is 13.1 Å². The lowest BCUT2D eigenvalue weighted by molar-refractivity contribution is -0.138. The summed E-state index contributed by atoms with van der Waals surface area (Å²) in [6.45, 7) is 6.38. The molecule has 0 aliphatic rings. The zero-order chi connectivity index (χ0) is 15.7. The maximum Gasteiger partial charge on any atom is 0.317 e. The number of nitrogens with one attached hydrogen (secondary N) is 1. The lowest BCUT2D eigenvalue weighted by atomic mass is 10.0. The van der Waals surface area contributed by atoms with E-state index < -0.39 is 5.97 Å². The number of hydrogen-bond acceptors (Lipinski definition) is 3. The predicted molar refractivity (Wildman–Crippen MR) is 82.1 cm³/mol. The minimum absolute atomic E-state index is 0.0554. The normalized spacial score (nSPS) is 11.9. The number of carbonyl (C=O) groups excluding carboxylic acids is 1. The average molecular weight is 290 g/mol. The van der Waals surface area contributed by atoms with E-state index in [2.05, 4.69) is 11.9 Å². The van der Waals surface area contributed by atoms with Crippen LogP contribution in [0.1, 0.15) is 18.4 Å². The molecule has 1 rings (SSSR count). The average Bonchev–Trinajstić information content (AvgIpc) is 2.45. The molecule has 0 aliphatic carbocycles. The monoisotopic (exact) mass is 290 g/mol. The summed E-state index contributed by atoms with van der Waals surface area (Å²) in [5.74, 6) is -0.925. The van der Waals surface area contributed by atoms with E-state index in [0.717, 1.165) is 5.56 Å². The van der Waals surface area contributed by atoms with Gasteiger partial charge in [0.25, 0.3) is 0 Å². The SMILES string of the molecule is C=CCN(CC(=O)O)CC(=O)NCC(C)c1ccccc1. The Balaban J connectivity index is 2.41. The molecule has 0 aliphatic heterocycles. The molecule has 0 radical (unpaired) electrons. The molecule has 2 N–H and O–H groups in total.